The highest BCUT2D eigenvalue weighted by Gasteiger charge is 1.96. The van der Waals surface area contributed by atoms with Crippen LogP contribution in [-0.2, 0) is 12.8 Å². The lowest BCUT2D eigenvalue weighted by molar-refractivity contribution is 1.13. The lowest BCUT2D eigenvalue weighted by atomic mass is 10.1. The molecular weight excluding hydrogens is 404 g/mol. The van der Waals surface area contributed by atoms with E-state index >= 15 is 0 Å². The Morgan fingerprint density at radius 3 is 1.85 bits per heavy atom. The summed E-state index contributed by atoms with van der Waals surface area (Å²) in [5.74, 6) is 0. The van der Waals surface area contributed by atoms with Crippen molar-refractivity contribution < 1.29 is 0 Å². The standard InChI is InChI=1S/C8H8ClI.C8H10ClN/c2*1-2-6-3-4-7(9)5-8(6)10/h3-5H,2H2,1H3;3-5H,2,10H2,1H3. The third-order valence-electron chi connectivity index (χ3n) is 2.88. The number of anilines is 1. The van der Waals surface area contributed by atoms with Gasteiger partial charge >= 0.3 is 0 Å². The molecule has 0 saturated heterocycles. The summed E-state index contributed by atoms with van der Waals surface area (Å²) in [6, 6.07) is 11.6. The molecule has 0 radical (unpaired) electrons. The molecule has 0 amide bonds. The number of hydrogen-bond acceptors (Lipinski definition) is 1. The van der Waals surface area contributed by atoms with Crippen LogP contribution in [0.5, 0.6) is 0 Å². The fourth-order valence-corrected chi connectivity index (χ4v) is 3.13. The van der Waals surface area contributed by atoms with Crippen molar-refractivity contribution in [3.63, 3.8) is 0 Å². The van der Waals surface area contributed by atoms with Crippen LogP contribution in [0.3, 0.4) is 0 Å². The predicted octanol–water partition coefficient (Wildman–Crippen LogP) is 5.99. The topological polar surface area (TPSA) is 26.0 Å². The molecule has 1 nitrogen and oxygen atoms in total. The van der Waals surface area contributed by atoms with Crippen LogP contribution < -0.4 is 5.73 Å². The molecule has 0 bridgehead atoms. The van der Waals surface area contributed by atoms with Gasteiger partial charge in [-0.15, -0.1) is 0 Å². The van der Waals surface area contributed by atoms with Gasteiger partial charge in [0.05, 0.1) is 0 Å². The molecule has 0 heterocycles. The van der Waals surface area contributed by atoms with E-state index in [4.69, 9.17) is 28.9 Å². The number of halogens is 3. The van der Waals surface area contributed by atoms with Crippen molar-refractivity contribution in [1.29, 1.82) is 0 Å². The molecular formula is C16H18Cl2IN. The zero-order chi connectivity index (χ0) is 15.1. The van der Waals surface area contributed by atoms with Crippen LogP contribution in [0.25, 0.3) is 0 Å². The number of nitrogen functional groups attached to an aromatic ring is 1. The Kier molecular flexibility index (Phi) is 7.70. The molecule has 0 aromatic heterocycles. The van der Waals surface area contributed by atoms with Crippen molar-refractivity contribution in [3.8, 4) is 0 Å². The first-order valence-electron chi connectivity index (χ1n) is 6.45. The number of aryl methyl sites for hydroxylation is 2. The van der Waals surface area contributed by atoms with Crippen molar-refractivity contribution >= 4 is 51.5 Å². The van der Waals surface area contributed by atoms with E-state index in [9.17, 15) is 0 Å². The van der Waals surface area contributed by atoms with Gasteiger partial charge < -0.3 is 5.73 Å². The highest BCUT2D eigenvalue weighted by molar-refractivity contribution is 14.1. The monoisotopic (exact) mass is 421 g/mol. The molecule has 2 aromatic carbocycles. The fraction of sp³-hybridized carbons (Fsp3) is 0.250. The second-order valence-electron chi connectivity index (χ2n) is 4.29. The predicted molar refractivity (Wildman–Crippen MR) is 98.8 cm³/mol. The summed E-state index contributed by atoms with van der Waals surface area (Å²) in [5, 5.41) is 1.52. The minimum Gasteiger partial charge on any atom is -0.398 e. The second kappa shape index (κ2) is 8.75. The maximum absolute atomic E-state index is 5.77. The molecule has 0 spiro atoms. The Balaban J connectivity index is 0.000000200. The van der Waals surface area contributed by atoms with Gasteiger partial charge in [0, 0.05) is 19.3 Å². The molecule has 2 N–H and O–H groups in total. The lowest BCUT2D eigenvalue weighted by Crippen LogP contribution is -1.91. The Labute approximate surface area is 144 Å². The van der Waals surface area contributed by atoms with E-state index in [-0.39, 0.29) is 0 Å². The largest absolute Gasteiger partial charge is 0.398 e. The summed E-state index contributed by atoms with van der Waals surface area (Å²) in [5.41, 5.74) is 8.96. The van der Waals surface area contributed by atoms with Gasteiger partial charge in [-0.2, -0.15) is 0 Å². The van der Waals surface area contributed by atoms with E-state index in [1.807, 2.05) is 24.3 Å². The number of rotatable bonds is 2. The first-order chi connectivity index (χ1) is 9.47. The van der Waals surface area contributed by atoms with Gasteiger partial charge in [0.1, 0.15) is 0 Å². The van der Waals surface area contributed by atoms with Gasteiger partial charge in [-0.05, 0) is 70.8 Å². The Hall–Kier alpha value is -0.450. The number of hydrogen-bond donors (Lipinski definition) is 1. The van der Waals surface area contributed by atoms with Crippen molar-refractivity contribution in [3.05, 3.63) is 61.1 Å². The summed E-state index contributed by atoms with van der Waals surface area (Å²) in [6.07, 6.45) is 2.04. The molecule has 0 aliphatic rings. The van der Waals surface area contributed by atoms with Gasteiger partial charge in [0.25, 0.3) is 0 Å². The smallest absolute Gasteiger partial charge is 0.0426 e. The molecule has 0 unspecified atom stereocenters. The van der Waals surface area contributed by atoms with Crippen molar-refractivity contribution in [2.75, 3.05) is 5.73 Å². The summed E-state index contributed by atoms with van der Waals surface area (Å²) in [7, 11) is 0. The minimum atomic E-state index is 0.703. The molecule has 4 heteroatoms. The minimum absolute atomic E-state index is 0.703. The van der Waals surface area contributed by atoms with Crippen LogP contribution in [0.4, 0.5) is 5.69 Å². The molecule has 0 fully saturated rings. The fourth-order valence-electron chi connectivity index (χ4n) is 1.70. The molecule has 0 aliphatic heterocycles. The average Bonchev–Trinajstić information content (AvgIpc) is 2.40. The molecule has 20 heavy (non-hydrogen) atoms. The van der Waals surface area contributed by atoms with E-state index in [0.29, 0.717) is 5.02 Å². The van der Waals surface area contributed by atoms with Gasteiger partial charge in [-0.3, -0.25) is 0 Å². The quantitative estimate of drug-likeness (QED) is 0.467. The van der Waals surface area contributed by atoms with Crippen LogP contribution in [0.1, 0.15) is 25.0 Å². The first-order valence-corrected chi connectivity index (χ1v) is 8.29. The maximum Gasteiger partial charge on any atom is 0.0426 e. The van der Waals surface area contributed by atoms with Gasteiger partial charge in [-0.1, -0.05) is 49.2 Å². The molecule has 2 aromatic rings. The second-order valence-corrected chi connectivity index (χ2v) is 6.32. The Morgan fingerprint density at radius 2 is 1.40 bits per heavy atom. The molecule has 2 rings (SSSR count). The van der Waals surface area contributed by atoms with E-state index in [1.165, 1.54) is 9.13 Å². The molecule has 0 atom stereocenters. The van der Waals surface area contributed by atoms with Gasteiger partial charge in [0.15, 0.2) is 0 Å². The van der Waals surface area contributed by atoms with Crippen LogP contribution in [0, 0.1) is 3.57 Å². The summed E-state index contributed by atoms with van der Waals surface area (Å²) < 4.78 is 1.26. The Morgan fingerprint density at radius 1 is 0.900 bits per heavy atom. The third kappa shape index (κ3) is 5.51. The molecule has 0 saturated carbocycles. The zero-order valence-electron chi connectivity index (χ0n) is 11.6. The van der Waals surface area contributed by atoms with Crippen LogP contribution >= 0.6 is 45.8 Å². The summed E-state index contributed by atoms with van der Waals surface area (Å²) in [6.45, 7) is 4.21. The van der Waals surface area contributed by atoms with Crippen LogP contribution in [0.2, 0.25) is 10.0 Å². The number of nitrogens with two attached hydrogens (primary N) is 1. The van der Waals surface area contributed by atoms with E-state index in [1.54, 1.807) is 6.07 Å². The highest BCUT2D eigenvalue weighted by atomic mass is 127. The zero-order valence-corrected chi connectivity index (χ0v) is 15.3. The maximum atomic E-state index is 5.77. The molecule has 0 aliphatic carbocycles. The summed E-state index contributed by atoms with van der Waals surface area (Å²) >= 11 is 13.8. The van der Waals surface area contributed by atoms with E-state index in [0.717, 1.165) is 29.1 Å². The van der Waals surface area contributed by atoms with Crippen LogP contribution in [0.15, 0.2) is 36.4 Å². The molecule has 108 valence electrons. The van der Waals surface area contributed by atoms with Gasteiger partial charge in [-0.25, -0.2) is 0 Å². The van der Waals surface area contributed by atoms with Crippen molar-refractivity contribution in [2.45, 2.75) is 26.7 Å². The first kappa shape index (κ1) is 17.6. The SMILES string of the molecule is CCc1ccc(Cl)cc1I.CCc1ccc(Cl)cc1N. The normalized spacial score (nSPS) is 9.85. The van der Waals surface area contributed by atoms with Crippen molar-refractivity contribution in [1.82, 2.24) is 0 Å². The summed E-state index contributed by atoms with van der Waals surface area (Å²) in [4.78, 5) is 0. The van der Waals surface area contributed by atoms with E-state index in [2.05, 4.69) is 42.5 Å². The highest BCUT2D eigenvalue weighted by Crippen LogP contribution is 2.18. The van der Waals surface area contributed by atoms with E-state index < -0.39 is 0 Å². The van der Waals surface area contributed by atoms with Gasteiger partial charge in [0.2, 0.25) is 0 Å². The third-order valence-corrected chi connectivity index (χ3v) is 4.36. The average molecular weight is 422 g/mol. The van der Waals surface area contributed by atoms with Crippen molar-refractivity contribution in [2.24, 2.45) is 0 Å². The Bertz CT molecular complexity index is 519. The number of benzene rings is 2. The lowest BCUT2D eigenvalue weighted by Gasteiger charge is -2.00. The van der Waals surface area contributed by atoms with Crippen LogP contribution in [-0.4, -0.2) is 0 Å².